The Morgan fingerprint density at radius 1 is 1.46 bits per heavy atom. The summed E-state index contributed by atoms with van der Waals surface area (Å²) in [4.78, 5) is 2.26. The zero-order valence-electron chi connectivity index (χ0n) is 8.16. The van der Waals surface area contributed by atoms with Crippen molar-refractivity contribution >= 4 is 5.69 Å². The molecule has 1 saturated heterocycles. The minimum Gasteiger partial charge on any atom is -0.372 e. The molecule has 0 radical (unpaired) electrons. The molecule has 2 rings (SSSR count). The average Bonchev–Trinajstić information content (AvgIpc) is 2.89. The van der Waals surface area contributed by atoms with Crippen LogP contribution >= 0.6 is 0 Å². The van der Waals surface area contributed by atoms with Crippen molar-refractivity contribution in [3.63, 3.8) is 0 Å². The van der Waals surface area contributed by atoms with E-state index in [1.807, 2.05) is 0 Å². The molecule has 1 heterocycles. The van der Waals surface area contributed by atoms with Gasteiger partial charge in [-0.05, 0) is 18.6 Å². The summed E-state index contributed by atoms with van der Waals surface area (Å²) in [6, 6.07) is 8.43. The van der Waals surface area contributed by atoms with Gasteiger partial charge in [-0.25, -0.2) is 0 Å². The van der Waals surface area contributed by atoms with Crippen molar-refractivity contribution in [2.45, 2.75) is 13.0 Å². The Labute approximate surface area is 79.1 Å². The number of para-hydroxylation sites is 1. The maximum Gasteiger partial charge on any atom is 0.0984 e. The van der Waals surface area contributed by atoms with Crippen molar-refractivity contribution in [3.05, 3.63) is 29.8 Å². The van der Waals surface area contributed by atoms with Gasteiger partial charge in [0, 0.05) is 19.3 Å². The van der Waals surface area contributed by atoms with Gasteiger partial charge in [0.15, 0.2) is 0 Å². The van der Waals surface area contributed by atoms with Gasteiger partial charge in [-0.2, -0.15) is 0 Å². The van der Waals surface area contributed by atoms with E-state index in [1.54, 1.807) is 0 Å². The van der Waals surface area contributed by atoms with Gasteiger partial charge >= 0.3 is 0 Å². The highest BCUT2D eigenvalue weighted by molar-refractivity contribution is 5.52. The third-order valence-corrected chi connectivity index (χ3v) is 2.41. The molecule has 0 bridgehead atoms. The largest absolute Gasteiger partial charge is 0.372 e. The molecular formula is C11H15NO. The van der Waals surface area contributed by atoms with E-state index in [0.29, 0.717) is 6.10 Å². The van der Waals surface area contributed by atoms with Gasteiger partial charge in [-0.3, -0.25) is 0 Å². The predicted molar refractivity (Wildman–Crippen MR) is 54.2 cm³/mol. The monoisotopic (exact) mass is 177 g/mol. The Kier molecular flexibility index (Phi) is 2.23. The molecular weight excluding hydrogens is 162 g/mol. The predicted octanol–water partition coefficient (Wildman–Crippen LogP) is 1.83. The first-order valence-electron chi connectivity index (χ1n) is 4.66. The summed E-state index contributed by atoms with van der Waals surface area (Å²) in [5.41, 5.74) is 2.63. The second-order valence-electron chi connectivity index (χ2n) is 3.62. The van der Waals surface area contributed by atoms with E-state index >= 15 is 0 Å². The van der Waals surface area contributed by atoms with Gasteiger partial charge in [0.1, 0.15) is 0 Å². The lowest BCUT2D eigenvalue weighted by molar-refractivity contribution is 0.410. The molecule has 13 heavy (non-hydrogen) atoms. The van der Waals surface area contributed by atoms with E-state index in [4.69, 9.17) is 4.74 Å². The van der Waals surface area contributed by atoms with Crippen molar-refractivity contribution in [1.82, 2.24) is 0 Å². The van der Waals surface area contributed by atoms with Crippen LogP contribution in [0.1, 0.15) is 5.56 Å². The Hall–Kier alpha value is -1.02. The SMILES string of the molecule is Cc1ccccc1N(C)CC1CO1. The molecule has 0 saturated carbocycles. The molecule has 1 aromatic carbocycles. The van der Waals surface area contributed by atoms with Crippen molar-refractivity contribution < 1.29 is 4.74 Å². The second-order valence-corrected chi connectivity index (χ2v) is 3.62. The third kappa shape index (κ3) is 2.01. The first-order chi connectivity index (χ1) is 6.27. The first-order valence-corrected chi connectivity index (χ1v) is 4.66. The zero-order valence-corrected chi connectivity index (χ0v) is 8.16. The van der Waals surface area contributed by atoms with Crippen LogP contribution in [0.3, 0.4) is 0 Å². The minimum absolute atomic E-state index is 0.463. The quantitative estimate of drug-likeness (QED) is 0.655. The molecule has 1 aromatic rings. The molecule has 1 fully saturated rings. The highest BCUT2D eigenvalue weighted by Crippen LogP contribution is 2.20. The number of epoxide rings is 1. The van der Waals surface area contributed by atoms with Crippen LogP contribution < -0.4 is 4.90 Å². The van der Waals surface area contributed by atoms with Crippen LogP contribution in [0.15, 0.2) is 24.3 Å². The standard InChI is InChI=1S/C11H15NO/c1-9-5-3-4-6-11(9)12(2)7-10-8-13-10/h3-6,10H,7-8H2,1-2H3. The smallest absolute Gasteiger partial charge is 0.0984 e. The van der Waals surface area contributed by atoms with Gasteiger partial charge < -0.3 is 9.64 Å². The van der Waals surface area contributed by atoms with Gasteiger partial charge in [0.05, 0.1) is 12.7 Å². The van der Waals surface area contributed by atoms with Crippen LogP contribution in [-0.2, 0) is 4.74 Å². The van der Waals surface area contributed by atoms with Crippen LogP contribution in [-0.4, -0.2) is 26.3 Å². The van der Waals surface area contributed by atoms with E-state index in [9.17, 15) is 0 Å². The highest BCUT2D eigenvalue weighted by Gasteiger charge is 2.24. The fourth-order valence-corrected chi connectivity index (χ4v) is 1.57. The second kappa shape index (κ2) is 3.38. The number of nitrogens with zero attached hydrogens (tertiary/aromatic N) is 1. The number of aryl methyl sites for hydroxylation is 1. The lowest BCUT2D eigenvalue weighted by Gasteiger charge is -2.20. The number of anilines is 1. The number of rotatable bonds is 3. The van der Waals surface area contributed by atoms with Gasteiger partial charge in [-0.1, -0.05) is 18.2 Å². The molecule has 1 unspecified atom stereocenters. The van der Waals surface area contributed by atoms with E-state index in [0.717, 1.165) is 13.2 Å². The molecule has 1 aliphatic heterocycles. The maximum absolute atomic E-state index is 5.20. The normalized spacial score (nSPS) is 20.0. The first kappa shape index (κ1) is 8.57. The fourth-order valence-electron chi connectivity index (χ4n) is 1.57. The Morgan fingerprint density at radius 2 is 2.15 bits per heavy atom. The van der Waals surface area contributed by atoms with Crippen molar-refractivity contribution in [1.29, 1.82) is 0 Å². The third-order valence-electron chi connectivity index (χ3n) is 2.41. The summed E-state index contributed by atoms with van der Waals surface area (Å²) in [5.74, 6) is 0. The molecule has 70 valence electrons. The van der Waals surface area contributed by atoms with Gasteiger partial charge in [0.2, 0.25) is 0 Å². The zero-order chi connectivity index (χ0) is 9.26. The minimum atomic E-state index is 0.463. The van der Waals surface area contributed by atoms with E-state index in [-0.39, 0.29) is 0 Å². The van der Waals surface area contributed by atoms with E-state index < -0.39 is 0 Å². The molecule has 0 spiro atoms. The Balaban J connectivity index is 2.09. The molecule has 1 atom stereocenters. The lowest BCUT2D eigenvalue weighted by Crippen LogP contribution is -2.23. The van der Waals surface area contributed by atoms with Crippen LogP contribution in [0.5, 0.6) is 0 Å². The summed E-state index contributed by atoms with van der Waals surface area (Å²) in [6.07, 6.45) is 0.463. The summed E-state index contributed by atoms with van der Waals surface area (Å²) in [6.45, 7) is 4.07. The average molecular weight is 177 g/mol. The fraction of sp³-hybridized carbons (Fsp3) is 0.455. The molecule has 2 nitrogen and oxygen atoms in total. The van der Waals surface area contributed by atoms with Gasteiger partial charge in [0.25, 0.3) is 0 Å². The van der Waals surface area contributed by atoms with Crippen molar-refractivity contribution in [2.24, 2.45) is 0 Å². The highest BCUT2D eigenvalue weighted by atomic mass is 16.6. The summed E-state index contributed by atoms with van der Waals surface area (Å²) in [7, 11) is 2.12. The molecule has 0 amide bonds. The molecule has 2 heteroatoms. The summed E-state index contributed by atoms with van der Waals surface area (Å²) < 4.78 is 5.20. The van der Waals surface area contributed by atoms with Crippen LogP contribution in [0.25, 0.3) is 0 Å². The van der Waals surface area contributed by atoms with E-state index in [1.165, 1.54) is 11.3 Å². The van der Waals surface area contributed by atoms with E-state index in [2.05, 4.69) is 43.1 Å². The summed E-state index contributed by atoms with van der Waals surface area (Å²) in [5, 5.41) is 0. The van der Waals surface area contributed by atoms with Gasteiger partial charge in [-0.15, -0.1) is 0 Å². The van der Waals surface area contributed by atoms with Crippen molar-refractivity contribution in [2.75, 3.05) is 25.1 Å². The number of hydrogen-bond acceptors (Lipinski definition) is 2. The van der Waals surface area contributed by atoms with Crippen LogP contribution in [0.4, 0.5) is 5.69 Å². The van der Waals surface area contributed by atoms with Crippen LogP contribution in [0, 0.1) is 6.92 Å². The molecule has 0 aliphatic carbocycles. The maximum atomic E-state index is 5.20. The lowest BCUT2D eigenvalue weighted by atomic mass is 10.2. The summed E-state index contributed by atoms with van der Waals surface area (Å²) >= 11 is 0. The van der Waals surface area contributed by atoms with Crippen molar-refractivity contribution in [3.8, 4) is 0 Å². The number of benzene rings is 1. The molecule has 1 aliphatic rings. The topological polar surface area (TPSA) is 15.8 Å². The molecule has 0 aromatic heterocycles. The number of hydrogen-bond donors (Lipinski definition) is 0. The Morgan fingerprint density at radius 3 is 2.77 bits per heavy atom. The Bertz CT molecular complexity index is 294. The van der Waals surface area contributed by atoms with Crippen LogP contribution in [0.2, 0.25) is 0 Å². The number of likely N-dealkylation sites (N-methyl/N-ethyl adjacent to an activating group) is 1. The number of ether oxygens (including phenoxy) is 1. The molecule has 0 N–H and O–H groups in total.